The number of nitrogens with zero attached hydrogens (tertiary/aromatic N) is 3. The molecule has 0 saturated heterocycles. The predicted octanol–water partition coefficient (Wildman–Crippen LogP) is 4.81. The van der Waals surface area contributed by atoms with Gasteiger partial charge in [0.25, 0.3) is 0 Å². The highest BCUT2D eigenvalue weighted by molar-refractivity contribution is 6.40. The van der Waals surface area contributed by atoms with Gasteiger partial charge in [0.1, 0.15) is 17.3 Å². The summed E-state index contributed by atoms with van der Waals surface area (Å²) in [5.74, 6) is 0.693. The van der Waals surface area contributed by atoms with Crippen molar-refractivity contribution < 1.29 is 0 Å². The van der Waals surface area contributed by atoms with E-state index in [9.17, 15) is 0 Å². The predicted molar refractivity (Wildman–Crippen MR) is 92.2 cm³/mol. The van der Waals surface area contributed by atoms with Crippen LogP contribution in [0.3, 0.4) is 0 Å². The van der Waals surface area contributed by atoms with E-state index in [1.165, 1.54) is 6.33 Å². The Labute approximate surface area is 143 Å². The fourth-order valence-electron chi connectivity index (χ4n) is 2.45. The first-order valence-corrected chi connectivity index (χ1v) is 7.85. The van der Waals surface area contributed by atoms with E-state index in [0.717, 1.165) is 23.1 Å². The van der Waals surface area contributed by atoms with Crippen LogP contribution in [0.1, 0.15) is 5.69 Å². The summed E-state index contributed by atoms with van der Waals surface area (Å²) in [5, 5.41) is 6.00. The number of aryl methyl sites for hydroxylation is 1. The molecule has 1 aromatic carbocycles. The molecule has 2 aromatic heterocycles. The van der Waals surface area contributed by atoms with E-state index >= 15 is 0 Å². The molecule has 0 amide bonds. The second-order valence-electron chi connectivity index (χ2n) is 4.88. The van der Waals surface area contributed by atoms with Crippen molar-refractivity contribution in [3.05, 3.63) is 51.5 Å². The van der Waals surface area contributed by atoms with E-state index in [1.54, 1.807) is 6.07 Å². The van der Waals surface area contributed by atoms with E-state index in [1.807, 2.05) is 25.1 Å². The van der Waals surface area contributed by atoms with Crippen molar-refractivity contribution in [2.75, 3.05) is 11.9 Å². The molecule has 0 aliphatic heterocycles. The highest BCUT2D eigenvalue weighted by Crippen LogP contribution is 2.32. The highest BCUT2D eigenvalue weighted by atomic mass is 35.5. The second kappa shape index (κ2) is 6.32. The molecular weight excluding hydrogens is 343 g/mol. The zero-order valence-corrected chi connectivity index (χ0v) is 14.0. The molecule has 7 heteroatoms. The first-order chi connectivity index (χ1) is 10.6. The molecule has 3 aromatic rings. The van der Waals surface area contributed by atoms with Gasteiger partial charge >= 0.3 is 0 Å². The lowest BCUT2D eigenvalue weighted by Crippen LogP contribution is -2.12. The summed E-state index contributed by atoms with van der Waals surface area (Å²) in [6, 6.07) is 7.37. The summed E-state index contributed by atoms with van der Waals surface area (Å²) in [4.78, 5) is 7.96. The number of fused-ring (bicyclic) bond motifs is 1. The summed E-state index contributed by atoms with van der Waals surface area (Å²) in [6.45, 7) is 3.45. The van der Waals surface area contributed by atoms with Gasteiger partial charge in [-0.3, -0.25) is 0 Å². The maximum absolute atomic E-state index is 6.33. The zero-order valence-electron chi connectivity index (χ0n) is 11.8. The van der Waals surface area contributed by atoms with Gasteiger partial charge in [-0.15, -0.1) is 0 Å². The quantitative estimate of drug-likeness (QED) is 0.683. The van der Waals surface area contributed by atoms with Crippen molar-refractivity contribution in [1.29, 1.82) is 0 Å². The molecule has 0 atom stereocenters. The molecule has 0 aliphatic carbocycles. The third-order valence-corrected chi connectivity index (χ3v) is 4.28. The molecule has 3 rings (SSSR count). The van der Waals surface area contributed by atoms with Crippen molar-refractivity contribution in [2.24, 2.45) is 0 Å². The summed E-state index contributed by atoms with van der Waals surface area (Å²) in [7, 11) is 0. The van der Waals surface area contributed by atoms with Crippen LogP contribution in [-0.4, -0.2) is 21.1 Å². The molecule has 0 spiro atoms. The molecule has 0 radical (unpaired) electrons. The van der Waals surface area contributed by atoms with E-state index in [0.29, 0.717) is 27.6 Å². The Bertz CT molecular complexity index is 829. The second-order valence-corrected chi connectivity index (χ2v) is 6.08. The van der Waals surface area contributed by atoms with Gasteiger partial charge < -0.3 is 9.88 Å². The van der Waals surface area contributed by atoms with Gasteiger partial charge in [0.2, 0.25) is 0 Å². The van der Waals surface area contributed by atoms with Crippen LogP contribution in [0, 0.1) is 6.92 Å². The van der Waals surface area contributed by atoms with Gasteiger partial charge in [-0.05, 0) is 25.1 Å². The SMILES string of the molecule is Cc1cc2c(Cl)ccc(Cl)c2n1CCNc1cc(Cl)ncn1. The first-order valence-electron chi connectivity index (χ1n) is 6.71. The molecular formula is C15H13Cl3N4. The minimum absolute atomic E-state index is 0.412. The van der Waals surface area contributed by atoms with Crippen molar-refractivity contribution >= 4 is 51.5 Å². The van der Waals surface area contributed by atoms with Crippen LogP contribution < -0.4 is 5.32 Å². The summed E-state index contributed by atoms with van der Waals surface area (Å²) in [6.07, 6.45) is 1.43. The van der Waals surface area contributed by atoms with E-state index < -0.39 is 0 Å². The average Bonchev–Trinajstić information content (AvgIpc) is 2.82. The Morgan fingerprint density at radius 3 is 2.64 bits per heavy atom. The molecule has 1 N–H and O–H groups in total. The lowest BCUT2D eigenvalue weighted by Gasteiger charge is -2.11. The van der Waals surface area contributed by atoms with Gasteiger partial charge in [0.05, 0.1) is 15.6 Å². The normalized spacial score (nSPS) is 11.1. The Kier molecular flexibility index (Phi) is 4.43. The lowest BCUT2D eigenvalue weighted by atomic mass is 10.2. The van der Waals surface area contributed by atoms with Crippen LogP contribution in [0.5, 0.6) is 0 Å². The van der Waals surface area contributed by atoms with Crippen LogP contribution in [0.2, 0.25) is 15.2 Å². The van der Waals surface area contributed by atoms with Gasteiger partial charge in [0, 0.05) is 30.2 Å². The summed E-state index contributed by atoms with van der Waals surface area (Å²) < 4.78 is 2.14. The maximum atomic E-state index is 6.33. The number of hydrogen-bond acceptors (Lipinski definition) is 3. The number of aromatic nitrogens is 3. The monoisotopic (exact) mass is 354 g/mol. The van der Waals surface area contributed by atoms with Crippen molar-refractivity contribution in [2.45, 2.75) is 13.5 Å². The van der Waals surface area contributed by atoms with Crippen LogP contribution in [0.15, 0.2) is 30.6 Å². The smallest absolute Gasteiger partial charge is 0.134 e. The Hall–Kier alpha value is -1.49. The standard InChI is InChI=1S/C15H13Cl3N4/c1-9-6-10-11(16)2-3-12(17)15(10)22(9)5-4-19-14-7-13(18)20-8-21-14/h2-3,6-8H,4-5H2,1H3,(H,19,20,21). The molecule has 0 bridgehead atoms. The van der Waals surface area contributed by atoms with Gasteiger partial charge in [0.15, 0.2) is 0 Å². The minimum atomic E-state index is 0.412. The number of hydrogen-bond donors (Lipinski definition) is 1. The number of benzene rings is 1. The van der Waals surface area contributed by atoms with E-state index in [-0.39, 0.29) is 0 Å². The lowest BCUT2D eigenvalue weighted by molar-refractivity contribution is 0.733. The number of anilines is 1. The maximum Gasteiger partial charge on any atom is 0.134 e. The number of nitrogens with one attached hydrogen (secondary N) is 1. The van der Waals surface area contributed by atoms with Crippen molar-refractivity contribution in [3.63, 3.8) is 0 Å². The molecule has 0 saturated carbocycles. The Morgan fingerprint density at radius 1 is 1.09 bits per heavy atom. The molecule has 4 nitrogen and oxygen atoms in total. The van der Waals surface area contributed by atoms with Gasteiger partial charge in [-0.1, -0.05) is 34.8 Å². The summed E-state index contributed by atoms with van der Waals surface area (Å²) in [5.41, 5.74) is 2.06. The Morgan fingerprint density at radius 2 is 1.86 bits per heavy atom. The van der Waals surface area contributed by atoms with Crippen molar-refractivity contribution in [3.8, 4) is 0 Å². The fraction of sp³-hybridized carbons (Fsp3) is 0.200. The topological polar surface area (TPSA) is 42.7 Å². The average molecular weight is 356 g/mol. The third kappa shape index (κ3) is 3.00. The summed E-state index contributed by atoms with van der Waals surface area (Å²) >= 11 is 18.4. The van der Waals surface area contributed by atoms with Crippen LogP contribution in [0.25, 0.3) is 10.9 Å². The Balaban J connectivity index is 1.82. The van der Waals surface area contributed by atoms with E-state index in [2.05, 4.69) is 19.9 Å². The zero-order chi connectivity index (χ0) is 15.7. The van der Waals surface area contributed by atoms with Crippen molar-refractivity contribution in [1.82, 2.24) is 14.5 Å². The van der Waals surface area contributed by atoms with Gasteiger partial charge in [-0.25, -0.2) is 9.97 Å². The molecule has 2 heterocycles. The van der Waals surface area contributed by atoms with Crippen LogP contribution in [0.4, 0.5) is 5.82 Å². The van der Waals surface area contributed by atoms with Crippen LogP contribution in [-0.2, 0) is 6.54 Å². The number of halogens is 3. The van der Waals surface area contributed by atoms with Crippen LogP contribution >= 0.6 is 34.8 Å². The first kappa shape index (κ1) is 15.4. The van der Waals surface area contributed by atoms with Gasteiger partial charge in [-0.2, -0.15) is 0 Å². The molecule has 0 aliphatic rings. The number of rotatable bonds is 4. The molecule has 0 unspecified atom stereocenters. The highest BCUT2D eigenvalue weighted by Gasteiger charge is 2.11. The fourth-order valence-corrected chi connectivity index (χ4v) is 3.07. The molecule has 22 heavy (non-hydrogen) atoms. The molecule has 0 fully saturated rings. The molecule has 114 valence electrons. The largest absolute Gasteiger partial charge is 0.368 e. The minimum Gasteiger partial charge on any atom is -0.368 e. The third-order valence-electron chi connectivity index (χ3n) is 3.44. The van der Waals surface area contributed by atoms with E-state index in [4.69, 9.17) is 34.8 Å².